The normalized spacial score (nSPS) is 12.2. The first-order valence-electron chi connectivity index (χ1n) is 7.93. The summed E-state index contributed by atoms with van der Waals surface area (Å²) in [5.41, 5.74) is 6.39. The van der Waals surface area contributed by atoms with Crippen molar-refractivity contribution in [1.82, 2.24) is 10.9 Å². The van der Waals surface area contributed by atoms with Crippen LogP contribution >= 0.6 is 24.8 Å². The van der Waals surface area contributed by atoms with Crippen LogP contribution in [0.4, 0.5) is 0 Å². The highest BCUT2D eigenvalue weighted by atomic mass is 32.2. The number of hydrogen-bond acceptors (Lipinski definition) is 4. The molecule has 0 aliphatic rings. The van der Waals surface area contributed by atoms with Gasteiger partial charge in [0.2, 0.25) is 5.91 Å². The molecule has 2 aromatic carbocycles. The topological polar surface area (TPSA) is 75.3 Å². The molecule has 0 radical (unpaired) electrons. The van der Waals surface area contributed by atoms with Crippen LogP contribution in [0.5, 0.6) is 0 Å². The zero-order valence-electron chi connectivity index (χ0n) is 14.0. The van der Waals surface area contributed by atoms with Gasteiger partial charge in [-0.05, 0) is 11.1 Å². The highest BCUT2D eigenvalue weighted by Gasteiger charge is 2.23. The van der Waals surface area contributed by atoms with Crippen LogP contribution in [-0.4, -0.2) is 24.4 Å². The van der Waals surface area contributed by atoms with Crippen LogP contribution < -0.4 is 10.9 Å². The number of hydrazine groups is 1. The van der Waals surface area contributed by atoms with Crippen LogP contribution in [0.15, 0.2) is 60.7 Å². The van der Waals surface area contributed by atoms with Crippen molar-refractivity contribution in [3.63, 3.8) is 0 Å². The Morgan fingerprint density at radius 3 is 2.15 bits per heavy atom. The summed E-state index contributed by atoms with van der Waals surface area (Å²) >= 11 is 8.59. The number of benzene rings is 2. The molecule has 0 aromatic heterocycles. The Kier molecular flexibility index (Phi) is 7.62. The average Bonchev–Trinajstić information content (AvgIpc) is 2.60. The zero-order chi connectivity index (χ0) is 19.0. The lowest BCUT2D eigenvalue weighted by atomic mass is 9.97. The Morgan fingerprint density at radius 1 is 1.00 bits per heavy atom. The number of carbonyl (C=O) groups excluding carboxylic acids is 1. The first-order valence-corrected chi connectivity index (χ1v) is 10.6. The van der Waals surface area contributed by atoms with Gasteiger partial charge < -0.3 is 0 Å². The summed E-state index contributed by atoms with van der Waals surface area (Å²) in [6.45, 7) is 0. The van der Waals surface area contributed by atoms with Crippen LogP contribution in [0.3, 0.4) is 0 Å². The Balaban J connectivity index is 2.13. The summed E-state index contributed by atoms with van der Waals surface area (Å²) in [7, 11) is -3.40. The summed E-state index contributed by atoms with van der Waals surface area (Å²) in [6, 6.07) is 18.2. The summed E-state index contributed by atoms with van der Waals surface area (Å²) in [5.74, 6) is -0.993. The number of thiocarbonyl (C=S) groups is 1. The number of hydrogen-bond donors (Lipinski definition) is 3. The van der Waals surface area contributed by atoms with Gasteiger partial charge in [0, 0.05) is 12.3 Å². The number of carbonyl (C=O) groups is 1. The maximum atomic E-state index is 12.7. The fourth-order valence-corrected chi connectivity index (χ4v) is 4.44. The second-order valence-corrected chi connectivity index (χ2v) is 9.10. The molecule has 138 valence electrons. The van der Waals surface area contributed by atoms with E-state index in [0.29, 0.717) is 0 Å². The lowest BCUT2D eigenvalue weighted by molar-refractivity contribution is -0.121. The second-order valence-electron chi connectivity index (χ2n) is 5.83. The van der Waals surface area contributed by atoms with Crippen molar-refractivity contribution in [2.75, 3.05) is 5.75 Å². The van der Waals surface area contributed by atoms with Crippen molar-refractivity contribution >= 4 is 44.9 Å². The van der Waals surface area contributed by atoms with Gasteiger partial charge in [-0.2, -0.15) is 0 Å². The van der Waals surface area contributed by atoms with Gasteiger partial charge in [-0.15, -0.1) is 12.6 Å². The smallest absolute Gasteiger partial charge is 0.238 e. The first kappa shape index (κ1) is 20.4. The Labute approximate surface area is 164 Å². The third kappa shape index (κ3) is 7.15. The first-order chi connectivity index (χ1) is 12.4. The Bertz CT molecular complexity index is 840. The molecule has 0 saturated carbocycles. The van der Waals surface area contributed by atoms with Crippen molar-refractivity contribution < 1.29 is 13.2 Å². The van der Waals surface area contributed by atoms with E-state index >= 15 is 0 Å². The number of rotatable bonds is 7. The molecule has 0 aliphatic heterocycles. The molecule has 2 rings (SSSR count). The van der Waals surface area contributed by atoms with E-state index in [1.807, 2.05) is 36.4 Å². The molecule has 1 amide bonds. The fourth-order valence-electron chi connectivity index (χ4n) is 2.59. The van der Waals surface area contributed by atoms with E-state index in [1.165, 1.54) is 0 Å². The SMILES string of the molecule is O=C(CC(CS(=O)(=O)Cc1ccccc1)c1ccccc1)NNC(=S)S. The van der Waals surface area contributed by atoms with Gasteiger partial charge in [0.05, 0.1) is 11.5 Å². The molecule has 5 nitrogen and oxygen atoms in total. The molecular formula is C18H20N2O3S3. The quantitative estimate of drug-likeness (QED) is 0.373. The monoisotopic (exact) mass is 408 g/mol. The van der Waals surface area contributed by atoms with Gasteiger partial charge in [0.25, 0.3) is 0 Å². The summed E-state index contributed by atoms with van der Waals surface area (Å²) in [4.78, 5) is 12.1. The van der Waals surface area contributed by atoms with Crippen LogP contribution in [0, 0.1) is 0 Å². The number of nitrogens with one attached hydrogen (secondary N) is 2. The molecule has 0 spiro atoms. The molecule has 0 heterocycles. The minimum absolute atomic E-state index is 0.0153. The van der Waals surface area contributed by atoms with Crippen LogP contribution in [0.2, 0.25) is 0 Å². The molecule has 1 unspecified atom stereocenters. The highest BCUT2D eigenvalue weighted by molar-refractivity contribution is 8.11. The van der Waals surface area contributed by atoms with E-state index < -0.39 is 15.8 Å². The highest BCUT2D eigenvalue weighted by Crippen LogP contribution is 2.23. The summed E-state index contributed by atoms with van der Waals surface area (Å²) in [5, 5.41) is 0. The maximum Gasteiger partial charge on any atom is 0.238 e. The number of amides is 1. The Hall–Kier alpha value is -1.90. The van der Waals surface area contributed by atoms with Crippen LogP contribution in [-0.2, 0) is 20.4 Å². The Morgan fingerprint density at radius 2 is 1.58 bits per heavy atom. The van der Waals surface area contributed by atoms with Crippen molar-refractivity contribution in [3.8, 4) is 0 Å². The van der Waals surface area contributed by atoms with Gasteiger partial charge in [0.15, 0.2) is 9.84 Å². The molecule has 1 atom stereocenters. The minimum Gasteiger partial charge on any atom is -0.283 e. The van der Waals surface area contributed by atoms with Crippen molar-refractivity contribution in [2.45, 2.75) is 18.1 Å². The largest absolute Gasteiger partial charge is 0.283 e. The summed E-state index contributed by atoms with van der Waals surface area (Å²) < 4.78 is 25.4. The van der Waals surface area contributed by atoms with E-state index in [4.69, 9.17) is 12.2 Å². The van der Waals surface area contributed by atoms with Crippen molar-refractivity contribution in [3.05, 3.63) is 71.8 Å². The van der Waals surface area contributed by atoms with Gasteiger partial charge in [0.1, 0.15) is 4.32 Å². The molecule has 0 fully saturated rings. The molecule has 0 bridgehead atoms. The molecule has 8 heteroatoms. The molecule has 2 aromatic rings. The van der Waals surface area contributed by atoms with Crippen molar-refractivity contribution in [1.29, 1.82) is 0 Å². The van der Waals surface area contributed by atoms with E-state index in [2.05, 4.69) is 23.5 Å². The van der Waals surface area contributed by atoms with Crippen LogP contribution in [0.1, 0.15) is 23.5 Å². The van der Waals surface area contributed by atoms with Gasteiger partial charge >= 0.3 is 0 Å². The van der Waals surface area contributed by atoms with Gasteiger partial charge in [-0.3, -0.25) is 15.6 Å². The third-order valence-electron chi connectivity index (χ3n) is 3.70. The maximum absolute atomic E-state index is 12.7. The average molecular weight is 409 g/mol. The molecule has 2 N–H and O–H groups in total. The molecular weight excluding hydrogens is 388 g/mol. The number of sulfone groups is 1. The molecule has 0 aliphatic carbocycles. The third-order valence-corrected chi connectivity index (χ3v) is 5.59. The van der Waals surface area contributed by atoms with Gasteiger partial charge in [-0.25, -0.2) is 8.42 Å². The van der Waals surface area contributed by atoms with E-state index in [1.54, 1.807) is 24.3 Å². The molecule has 26 heavy (non-hydrogen) atoms. The van der Waals surface area contributed by atoms with Crippen molar-refractivity contribution in [2.24, 2.45) is 0 Å². The fraction of sp³-hybridized carbons (Fsp3) is 0.222. The van der Waals surface area contributed by atoms with E-state index in [-0.39, 0.29) is 28.2 Å². The van der Waals surface area contributed by atoms with E-state index in [9.17, 15) is 13.2 Å². The predicted molar refractivity (Wildman–Crippen MR) is 111 cm³/mol. The molecule has 0 saturated heterocycles. The van der Waals surface area contributed by atoms with Gasteiger partial charge in [-0.1, -0.05) is 72.9 Å². The lowest BCUT2D eigenvalue weighted by Gasteiger charge is -2.18. The van der Waals surface area contributed by atoms with E-state index in [0.717, 1.165) is 11.1 Å². The standard InChI is InChI=1S/C18H20N2O3S3/c21-17(19-20-18(24)25)11-16(15-9-5-2-6-10-15)13-26(22,23)12-14-7-3-1-4-8-14/h1-10,16H,11-13H2,(H,19,21)(H2,20,24,25). The minimum atomic E-state index is -3.40. The van der Waals surface area contributed by atoms with Crippen LogP contribution in [0.25, 0.3) is 0 Å². The number of thiol groups is 1. The lowest BCUT2D eigenvalue weighted by Crippen LogP contribution is -2.39. The summed E-state index contributed by atoms with van der Waals surface area (Å²) in [6.07, 6.45) is 0.0153. The predicted octanol–water partition coefficient (Wildman–Crippen LogP) is 2.61. The second kappa shape index (κ2) is 9.70. The zero-order valence-corrected chi connectivity index (χ0v) is 16.5.